The predicted octanol–water partition coefficient (Wildman–Crippen LogP) is -1.08. The number of aryl methyl sites for hydroxylation is 1. The normalized spacial score (nSPS) is 25.4. The van der Waals surface area contributed by atoms with Crippen molar-refractivity contribution in [3.05, 3.63) is 16.3 Å². The second-order valence-corrected chi connectivity index (χ2v) is 5.32. The highest BCUT2D eigenvalue weighted by Crippen LogP contribution is 2.21. The summed E-state index contributed by atoms with van der Waals surface area (Å²) >= 11 is 0. The van der Waals surface area contributed by atoms with E-state index in [1.807, 2.05) is 0 Å². The number of ether oxygens (including phenoxy) is 1. The molecule has 1 amide bonds. The Bertz CT molecular complexity index is 564. The van der Waals surface area contributed by atoms with Crippen LogP contribution in [-0.2, 0) is 29.0 Å². The fourth-order valence-corrected chi connectivity index (χ4v) is 2.89. The Morgan fingerprint density at radius 2 is 2.30 bits per heavy atom. The Hall–Kier alpha value is -1.67. The molecule has 3 rings (SSSR count). The number of rotatable bonds is 3. The van der Waals surface area contributed by atoms with Crippen molar-refractivity contribution in [2.24, 2.45) is 5.84 Å². The predicted molar refractivity (Wildman–Crippen MR) is 69.7 cm³/mol. The molecule has 2 atom stereocenters. The van der Waals surface area contributed by atoms with Crippen molar-refractivity contribution < 1.29 is 9.53 Å². The van der Waals surface area contributed by atoms with Crippen LogP contribution in [0.3, 0.4) is 0 Å². The van der Waals surface area contributed by atoms with Gasteiger partial charge in [0.05, 0.1) is 12.6 Å². The van der Waals surface area contributed by atoms with E-state index >= 15 is 0 Å². The quantitative estimate of drug-likeness (QED) is 0.416. The van der Waals surface area contributed by atoms with Crippen LogP contribution >= 0.6 is 0 Å². The molecule has 20 heavy (non-hydrogen) atoms. The molecule has 8 heteroatoms. The molecule has 1 aromatic rings. The van der Waals surface area contributed by atoms with Crippen molar-refractivity contribution in [1.82, 2.24) is 19.8 Å². The molecule has 1 saturated heterocycles. The fraction of sp³-hybridized carbons (Fsp3) is 0.750. The Morgan fingerprint density at radius 3 is 3.05 bits per heavy atom. The van der Waals surface area contributed by atoms with Gasteiger partial charge in [0.2, 0.25) is 0 Å². The monoisotopic (exact) mass is 281 g/mol. The third-order valence-corrected chi connectivity index (χ3v) is 3.95. The number of nitrogens with zero attached hydrogens (tertiary/aromatic N) is 3. The Balaban J connectivity index is 1.69. The van der Waals surface area contributed by atoms with Crippen LogP contribution < -0.4 is 17.0 Å². The van der Waals surface area contributed by atoms with E-state index in [0.717, 1.165) is 38.1 Å². The van der Waals surface area contributed by atoms with Crippen molar-refractivity contribution >= 4 is 5.91 Å². The van der Waals surface area contributed by atoms with Crippen LogP contribution in [0.5, 0.6) is 0 Å². The van der Waals surface area contributed by atoms with Crippen molar-refractivity contribution in [2.45, 2.75) is 57.4 Å². The third kappa shape index (κ3) is 2.36. The lowest BCUT2D eigenvalue weighted by Crippen LogP contribution is -2.39. The molecular weight excluding hydrogens is 262 g/mol. The lowest BCUT2D eigenvalue weighted by molar-refractivity contribution is -0.132. The van der Waals surface area contributed by atoms with Gasteiger partial charge in [-0.25, -0.2) is 15.3 Å². The van der Waals surface area contributed by atoms with Crippen LogP contribution in [0.1, 0.15) is 31.5 Å². The van der Waals surface area contributed by atoms with Crippen LogP contribution in [0.2, 0.25) is 0 Å². The number of hydrogen-bond donors (Lipinski definition) is 2. The lowest BCUT2D eigenvalue weighted by atomic mass is 10.2. The van der Waals surface area contributed by atoms with Crippen molar-refractivity contribution in [3.63, 3.8) is 0 Å². The highest BCUT2D eigenvalue weighted by molar-refractivity contribution is 5.80. The standard InChI is InChI=1S/C12H19N5O3/c13-14-11(18)9-5-4-8(20-9)7-17-12(19)16-6-2-1-3-10(16)15-17/h8-9H,1-7,13H2,(H,14,18). The number of nitrogens with two attached hydrogens (primary N) is 1. The van der Waals surface area contributed by atoms with Crippen molar-refractivity contribution in [3.8, 4) is 0 Å². The average Bonchev–Trinajstić information content (AvgIpc) is 3.05. The summed E-state index contributed by atoms with van der Waals surface area (Å²) in [6.45, 7) is 1.14. The summed E-state index contributed by atoms with van der Waals surface area (Å²) < 4.78 is 8.81. The molecule has 8 nitrogen and oxygen atoms in total. The Kier molecular flexibility index (Phi) is 3.58. The Morgan fingerprint density at radius 1 is 1.45 bits per heavy atom. The minimum absolute atomic E-state index is 0.0740. The summed E-state index contributed by atoms with van der Waals surface area (Å²) in [5.74, 6) is 5.63. The number of nitrogens with one attached hydrogen (secondary N) is 1. The molecular formula is C12H19N5O3. The van der Waals surface area contributed by atoms with E-state index in [9.17, 15) is 9.59 Å². The van der Waals surface area contributed by atoms with Crippen LogP contribution in [0, 0.1) is 0 Å². The lowest BCUT2D eigenvalue weighted by Gasteiger charge is -2.11. The van der Waals surface area contributed by atoms with Gasteiger partial charge < -0.3 is 4.74 Å². The van der Waals surface area contributed by atoms with Gasteiger partial charge in [0.1, 0.15) is 11.9 Å². The maximum absolute atomic E-state index is 12.2. The highest BCUT2D eigenvalue weighted by Gasteiger charge is 2.31. The molecule has 2 aliphatic heterocycles. The molecule has 110 valence electrons. The van der Waals surface area contributed by atoms with E-state index < -0.39 is 6.10 Å². The van der Waals surface area contributed by atoms with Gasteiger partial charge in [-0.15, -0.1) is 0 Å². The van der Waals surface area contributed by atoms with E-state index in [4.69, 9.17) is 10.6 Å². The Labute approximate surface area is 115 Å². The molecule has 3 heterocycles. The summed E-state index contributed by atoms with van der Waals surface area (Å²) in [4.78, 5) is 23.6. The molecule has 0 aromatic carbocycles. The van der Waals surface area contributed by atoms with E-state index in [2.05, 4.69) is 10.5 Å². The largest absolute Gasteiger partial charge is 0.363 e. The maximum Gasteiger partial charge on any atom is 0.346 e. The third-order valence-electron chi connectivity index (χ3n) is 3.95. The number of carbonyl (C=O) groups is 1. The van der Waals surface area contributed by atoms with Gasteiger partial charge in [0.25, 0.3) is 5.91 Å². The van der Waals surface area contributed by atoms with Crippen LogP contribution in [0.15, 0.2) is 4.79 Å². The number of carbonyl (C=O) groups excluding carboxylic acids is 1. The molecule has 0 bridgehead atoms. The first-order valence-electron chi connectivity index (χ1n) is 7.01. The zero-order valence-corrected chi connectivity index (χ0v) is 11.2. The molecule has 0 saturated carbocycles. The second-order valence-electron chi connectivity index (χ2n) is 5.32. The van der Waals surface area contributed by atoms with Gasteiger partial charge in [-0.2, -0.15) is 5.10 Å². The number of hydrogen-bond acceptors (Lipinski definition) is 5. The minimum Gasteiger partial charge on any atom is -0.363 e. The topological polar surface area (TPSA) is 104 Å². The van der Waals surface area contributed by atoms with Gasteiger partial charge in [-0.1, -0.05) is 0 Å². The molecule has 0 spiro atoms. The SMILES string of the molecule is NNC(=O)C1CCC(Cn2nc3n(c2=O)CCCC3)O1. The first kappa shape index (κ1) is 13.3. The fourth-order valence-electron chi connectivity index (χ4n) is 2.89. The van der Waals surface area contributed by atoms with Gasteiger partial charge in [-0.05, 0) is 25.7 Å². The van der Waals surface area contributed by atoms with Crippen LogP contribution in [0.4, 0.5) is 0 Å². The van der Waals surface area contributed by atoms with Gasteiger partial charge in [0.15, 0.2) is 0 Å². The summed E-state index contributed by atoms with van der Waals surface area (Å²) in [5, 5.41) is 4.37. The molecule has 3 N–H and O–H groups in total. The molecule has 0 aliphatic carbocycles. The maximum atomic E-state index is 12.2. The zero-order valence-electron chi connectivity index (χ0n) is 11.2. The van der Waals surface area contributed by atoms with Gasteiger partial charge in [0, 0.05) is 13.0 Å². The van der Waals surface area contributed by atoms with E-state index in [1.54, 1.807) is 4.57 Å². The summed E-state index contributed by atoms with van der Waals surface area (Å²) in [5.41, 5.74) is 2.02. The molecule has 1 fully saturated rings. The number of hydrazine groups is 1. The smallest absolute Gasteiger partial charge is 0.346 e. The number of amides is 1. The summed E-state index contributed by atoms with van der Waals surface area (Å²) in [6.07, 6.45) is 3.63. The molecule has 2 unspecified atom stereocenters. The van der Waals surface area contributed by atoms with Gasteiger partial charge in [-0.3, -0.25) is 14.8 Å². The van der Waals surface area contributed by atoms with E-state index in [1.165, 1.54) is 4.68 Å². The molecule has 0 radical (unpaired) electrons. The van der Waals surface area contributed by atoms with E-state index in [0.29, 0.717) is 13.0 Å². The summed E-state index contributed by atoms with van der Waals surface area (Å²) in [6, 6.07) is 0. The number of fused-ring (bicyclic) bond motifs is 1. The van der Waals surface area contributed by atoms with Gasteiger partial charge >= 0.3 is 5.69 Å². The minimum atomic E-state index is -0.516. The van der Waals surface area contributed by atoms with Crippen molar-refractivity contribution in [1.29, 1.82) is 0 Å². The average molecular weight is 281 g/mol. The first-order chi connectivity index (χ1) is 9.69. The first-order valence-corrected chi connectivity index (χ1v) is 7.01. The van der Waals surface area contributed by atoms with E-state index in [-0.39, 0.29) is 17.7 Å². The number of aromatic nitrogens is 3. The molecule has 1 aromatic heterocycles. The second kappa shape index (κ2) is 5.37. The van der Waals surface area contributed by atoms with Crippen LogP contribution in [-0.4, -0.2) is 32.5 Å². The highest BCUT2D eigenvalue weighted by atomic mass is 16.5. The van der Waals surface area contributed by atoms with Crippen molar-refractivity contribution in [2.75, 3.05) is 0 Å². The zero-order chi connectivity index (χ0) is 14.1. The summed E-state index contributed by atoms with van der Waals surface area (Å²) in [7, 11) is 0. The molecule has 2 aliphatic rings. The van der Waals surface area contributed by atoms with Crippen LogP contribution in [0.25, 0.3) is 0 Å².